The molecule has 0 bridgehead atoms. The van der Waals surface area contributed by atoms with Crippen LogP contribution in [0.1, 0.15) is 38.1 Å². The average molecular weight is 165 g/mol. The maximum absolute atomic E-state index is 4.17. The van der Waals surface area contributed by atoms with Crippen molar-refractivity contribution in [2.45, 2.75) is 40.5 Å². The van der Waals surface area contributed by atoms with Crippen LogP contribution < -0.4 is 0 Å². The number of hydrogen-bond donors (Lipinski definition) is 0. The Hall–Kier alpha value is -0.850. The van der Waals surface area contributed by atoms with Gasteiger partial charge in [0, 0.05) is 11.4 Å². The van der Waals surface area contributed by atoms with E-state index in [2.05, 4.69) is 18.8 Å². The summed E-state index contributed by atoms with van der Waals surface area (Å²) in [6.45, 7) is 8.35. The van der Waals surface area contributed by atoms with E-state index in [0.717, 1.165) is 11.4 Å². The number of aryl methyl sites for hydroxylation is 2. The zero-order valence-electron chi connectivity index (χ0n) is 8.59. The highest BCUT2D eigenvalue weighted by Crippen LogP contribution is 1.93. The Kier molecular flexibility index (Phi) is 6.35. The monoisotopic (exact) mass is 165 g/mol. The van der Waals surface area contributed by atoms with Gasteiger partial charge in [0.2, 0.25) is 0 Å². The third-order valence-electron chi connectivity index (χ3n) is 1.53. The molecular formula is C11H19N. The van der Waals surface area contributed by atoms with E-state index in [9.17, 15) is 0 Å². The molecule has 1 nitrogen and oxygen atoms in total. The van der Waals surface area contributed by atoms with Crippen LogP contribution in [0.15, 0.2) is 18.2 Å². The van der Waals surface area contributed by atoms with E-state index < -0.39 is 0 Å². The second-order valence-electron chi connectivity index (χ2n) is 2.92. The molecule has 68 valence electrons. The maximum atomic E-state index is 4.17. The van der Waals surface area contributed by atoms with Gasteiger partial charge in [-0.25, -0.2) is 0 Å². The first-order valence-corrected chi connectivity index (χ1v) is 4.61. The quantitative estimate of drug-likeness (QED) is 0.620. The first-order chi connectivity index (χ1) is 5.70. The predicted octanol–water partition coefficient (Wildman–Crippen LogP) is 3.50. The Balaban J connectivity index is 0.000000261. The number of pyridine rings is 1. The van der Waals surface area contributed by atoms with Gasteiger partial charge in [0.15, 0.2) is 0 Å². The second kappa shape index (κ2) is 6.84. The minimum atomic E-state index is 1.09. The van der Waals surface area contributed by atoms with E-state index in [1.165, 1.54) is 12.8 Å². The lowest BCUT2D eigenvalue weighted by atomic mass is 10.3. The summed E-state index contributed by atoms with van der Waals surface area (Å²) in [6.07, 6.45) is 2.64. The van der Waals surface area contributed by atoms with Crippen LogP contribution >= 0.6 is 0 Å². The molecule has 0 saturated heterocycles. The van der Waals surface area contributed by atoms with Crippen LogP contribution in [0.4, 0.5) is 0 Å². The van der Waals surface area contributed by atoms with Crippen LogP contribution in [0.2, 0.25) is 0 Å². The molecule has 1 aromatic heterocycles. The molecule has 0 amide bonds. The van der Waals surface area contributed by atoms with Crippen molar-refractivity contribution in [3.8, 4) is 0 Å². The van der Waals surface area contributed by atoms with Crippen LogP contribution in [-0.2, 0) is 0 Å². The first-order valence-electron chi connectivity index (χ1n) is 4.61. The van der Waals surface area contributed by atoms with Gasteiger partial charge < -0.3 is 0 Å². The Morgan fingerprint density at radius 1 is 1.00 bits per heavy atom. The van der Waals surface area contributed by atoms with Gasteiger partial charge >= 0.3 is 0 Å². The lowest BCUT2D eigenvalue weighted by Crippen LogP contribution is -1.81. The molecule has 0 aromatic carbocycles. The van der Waals surface area contributed by atoms with Crippen molar-refractivity contribution < 1.29 is 0 Å². The van der Waals surface area contributed by atoms with Crippen LogP contribution in [-0.4, -0.2) is 4.98 Å². The number of hydrogen-bond acceptors (Lipinski definition) is 1. The van der Waals surface area contributed by atoms with E-state index in [0.29, 0.717) is 0 Å². The third kappa shape index (κ3) is 5.90. The van der Waals surface area contributed by atoms with Gasteiger partial charge in [0.25, 0.3) is 0 Å². The van der Waals surface area contributed by atoms with Crippen molar-refractivity contribution in [2.24, 2.45) is 0 Å². The maximum Gasteiger partial charge on any atom is 0.0375 e. The summed E-state index contributed by atoms with van der Waals surface area (Å²) in [5.41, 5.74) is 2.18. The largest absolute Gasteiger partial charge is 0.258 e. The van der Waals surface area contributed by atoms with Gasteiger partial charge in [-0.15, -0.1) is 0 Å². The fourth-order valence-electron chi connectivity index (χ4n) is 0.679. The third-order valence-corrected chi connectivity index (χ3v) is 1.53. The number of nitrogens with zero attached hydrogens (tertiary/aromatic N) is 1. The van der Waals surface area contributed by atoms with Crippen molar-refractivity contribution in [3.63, 3.8) is 0 Å². The minimum absolute atomic E-state index is 1.09. The van der Waals surface area contributed by atoms with Crippen molar-refractivity contribution in [1.82, 2.24) is 4.98 Å². The minimum Gasteiger partial charge on any atom is -0.258 e. The number of unbranched alkanes of at least 4 members (excludes halogenated alkanes) is 1. The molecule has 0 unspecified atom stereocenters. The summed E-state index contributed by atoms with van der Waals surface area (Å²) >= 11 is 0. The average Bonchev–Trinajstić information content (AvgIpc) is 2.04. The highest BCUT2D eigenvalue weighted by molar-refractivity contribution is 5.07. The topological polar surface area (TPSA) is 12.9 Å². The molecule has 0 saturated carbocycles. The molecule has 1 rings (SSSR count). The summed E-state index contributed by atoms with van der Waals surface area (Å²) in [5.74, 6) is 0. The van der Waals surface area contributed by atoms with E-state index in [1.54, 1.807) is 0 Å². The molecule has 0 atom stereocenters. The van der Waals surface area contributed by atoms with Crippen LogP contribution in [0.25, 0.3) is 0 Å². The predicted molar refractivity (Wildman–Crippen MR) is 54.3 cm³/mol. The van der Waals surface area contributed by atoms with Crippen molar-refractivity contribution >= 4 is 0 Å². The van der Waals surface area contributed by atoms with Crippen LogP contribution in [0.3, 0.4) is 0 Å². The summed E-state index contributed by atoms with van der Waals surface area (Å²) in [6, 6.07) is 6.00. The summed E-state index contributed by atoms with van der Waals surface area (Å²) in [5, 5.41) is 0. The Labute approximate surface area is 75.8 Å². The summed E-state index contributed by atoms with van der Waals surface area (Å²) < 4.78 is 0. The molecule has 0 N–H and O–H groups in total. The Morgan fingerprint density at radius 3 is 1.58 bits per heavy atom. The van der Waals surface area contributed by atoms with Gasteiger partial charge in [0.1, 0.15) is 0 Å². The van der Waals surface area contributed by atoms with Gasteiger partial charge in [-0.1, -0.05) is 32.8 Å². The molecule has 1 heterocycles. The zero-order chi connectivity index (χ0) is 9.40. The molecule has 1 heteroatoms. The molecular weight excluding hydrogens is 146 g/mol. The van der Waals surface area contributed by atoms with E-state index in [-0.39, 0.29) is 0 Å². The van der Waals surface area contributed by atoms with Crippen LogP contribution in [0, 0.1) is 13.8 Å². The Morgan fingerprint density at radius 2 is 1.42 bits per heavy atom. The van der Waals surface area contributed by atoms with Gasteiger partial charge in [-0.05, 0) is 26.0 Å². The normalized spacial score (nSPS) is 8.67. The zero-order valence-corrected chi connectivity index (χ0v) is 8.59. The van der Waals surface area contributed by atoms with Crippen molar-refractivity contribution in [3.05, 3.63) is 29.6 Å². The lowest BCUT2D eigenvalue weighted by Gasteiger charge is -1.90. The summed E-state index contributed by atoms with van der Waals surface area (Å²) in [4.78, 5) is 4.17. The summed E-state index contributed by atoms with van der Waals surface area (Å²) in [7, 11) is 0. The van der Waals surface area contributed by atoms with E-state index in [1.807, 2.05) is 32.0 Å². The molecule has 0 aliphatic heterocycles. The van der Waals surface area contributed by atoms with Crippen molar-refractivity contribution in [2.75, 3.05) is 0 Å². The van der Waals surface area contributed by atoms with Gasteiger partial charge in [0.05, 0.1) is 0 Å². The number of rotatable bonds is 1. The molecule has 12 heavy (non-hydrogen) atoms. The molecule has 0 aliphatic carbocycles. The SMILES string of the molecule is CCCC.Cc1cccc(C)n1. The Bertz CT molecular complexity index is 187. The van der Waals surface area contributed by atoms with E-state index in [4.69, 9.17) is 0 Å². The van der Waals surface area contributed by atoms with Gasteiger partial charge in [-0.2, -0.15) is 0 Å². The molecule has 0 fully saturated rings. The van der Waals surface area contributed by atoms with Gasteiger partial charge in [-0.3, -0.25) is 4.98 Å². The highest BCUT2D eigenvalue weighted by Gasteiger charge is 1.82. The van der Waals surface area contributed by atoms with Crippen molar-refractivity contribution in [1.29, 1.82) is 0 Å². The standard InChI is InChI=1S/C7H9N.C4H10/c1-6-4-3-5-7(2)8-6;1-3-4-2/h3-5H,1-2H3;3-4H2,1-2H3. The molecule has 0 radical (unpaired) electrons. The lowest BCUT2D eigenvalue weighted by molar-refractivity contribution is 0.886. The van der Waals surface area contributed by atoms with Crippen LogP contribution in [0.5, 0.6) is 0 Å². The second-order valence-corrected chi connectivity index (χ2v) is 2.92. The molecule has 0 spiro atoms. The smallest absolute Gasteiger partial charge is 0.0375 e. The fraction of sp³-hybridized carbons (Fsp3) is 0.545. The molecule has 1 aromatic rings. The number of aromatic nitrogens is 1. The fourth-order valence-corrected chi connectivity index (χ4v) is 0.679. The van der Waals surface area contributed by atoms with E-state index >= 15 is 0 Å². The highest BCUT2D eigenvalue weighted by atomic mass is 14.7. The first kappa shape index (κ1) is 11.2. The molecule has 0 aliphatic rings.